The molecular formula is C22H20FN4O3S-. The molecule has 3 aromatic rings. The molecule has 2 aromatic carbocycles. The molecule has 0 aliphatic carbocycles. The molecule has 1 aromatic heterocycles. The molecule has 0 fully saturated rings. The highest BCUT2D eigenvalue weighted by atomic mass is 32.2. The Morgan fingerprint density at radius 2 is 1.87 bits per heavy atom. The molecule has 1 aliphatic rings. The van der Waals surface area contributed by atoms with Gasteiger partial charge in [0, 0.05) is 53.8 Å². The standard InChI is InChI=1S/C22H21FN4O3S/c1-13-18-10-21(28)27(2)12-20(18)19-9-14(11-24-26-31(29)30)3-8-17(19)22(25-13)15-4-6-16(23)7-5-15/h3-10,12-13,24,26H,11H2,1-2H3,(H,29,30)/p-1. The van der Waals surface area contributed by atoms with Crippen molar-refractivity contribution in [2.45, 2.75) is 19.5 Å². The van der Waals surface area contributed by atoms with Crippen molar-refractivity contribution in [2.75, 3.05) is 0 Å². The number of nitrogens with zero attached hydrogens (tertiary/aromatic N) is 2. The zero-order chi connectivity index (χ0) is 22.1. The first-order chi connectivity index (χ1) is 14.8. The Labute approximate surface area is 181 Å². The average Bonchev–Trinajstić information content (AvgIpc) is 2.84. The van der Waals surface area contributed by atoms with Crippen molar-refractivity contribution in [3.05, 3.63) is 93.2 Å². The lowest BCUT2D eigenvalue weighted by Gasteiger charge is -2.15. The van der Waals surface area contributed by atoms with Crippen LogP contribution in [0.2, 0.25) is 0 Å². The molecule has 2 unspecified atom stereocenters. The van der Waals surface area contributed by atoms with Crippen molar-refractivity contribution in [1.29, 1.82) is 0 Å². The molecule has 0 amide bonds. The molecular weight excluding hydrogens is 419 g/mol. The summed E-state index contributed by atoms with van der Waals surface area (Å²) < 4.78 is 36.4. The van der Waals surface area contributed by atoms with Gasteiger partial charge in [-0.05, 0) is 53.9 Å². The number of pyridine rings is 1. The van der Waals surface area contributed by atoms with Crippen LogP contribution in [-0.2, 0) is 24.9 Å². The molecule has 0 radical (unpaired) electrons. The minimum absolute atomic E-state index is 0.132. The number of rotatable bonds is 5. The number of hydrogen-bond acceptors (Lipinski definition) is 5. The number of fused-ring (bicyclic) bond motifs is 3. The van der Waals surface area contributed by atoms with E-state index in [1.54, 1.807) is 31.4 Å². The number of hydrazine groups is 1. The third kappa shape index (κ3) is 4.40. The molecule has 9 heteroatoms. The van der Waals surface area contributed by atoms with Crippen molar-refractivity contribution in [3.8, 4) is 11.1 Å². The molecule has 2 heterocycles. The van der Waals surface area contributed by atoms with Gasteiger partial charge in [-0.15, -0.1) is 0 Å². The van der Waals surface area contributed by atoms with Crippen LogP contribution in [0.3, 0.4) is 0 Å². The molecule has 4 rings (SSSR count). The average molecular weight is 439 g/mol. The topological polar surface area (TPSA) is 98.5 Å². The van der Waals surface area contributed by atoms with Gasteiger partial charge in [0.05, 0.1) is 11.8 Å². The van der Waals surface area contributed by atoms with Crippen LogP contribution in [0.1, 0.15) is 35.2 Å². The summed E-state index contributed by atoms with van der Waals surface area (Å²) in [6, 6.07) is 13.2. The lowest BCUT2D eigenvalue weighted by molar-refractivity contribution is 0.503. The van der Waals surface area contributed by atoms with E-state index >= 15 is 0 Å². The van der Waals surface area contributed by atoms with Gasteiger partial charge in [-0.3, -0.25) is 14.0 Å². The van der Waals surface area contributed by atoms with E-state index in [9.17, 15) is 17.9 Å². The summed E-state index contributed by atoms with van der Waals surface area (Å²) in [5.74, 6) is -0.331. The van der Waals surface area contributed by atoms with E-state index in [0.717, 1.165) is 33.4 Å². The summed E-state index contributed by atoms with van der Waals surface area (Å²) in [6.07, 6.45) is 1.79. The van der Waals surface area contributed by atoms with Crippen molar-refractivity contribution in [1.82, 2.24) is 14.8 Å². The van der Waals surface area contributed by atoms with Gasteiger partial charge in [-0.2, -0.15) is 4.83 Å². The Hall–Kier alpha value is -2.98. The highest BCUT2D eigenvalue weighted by Crippen LogP contribution is 2.37. The van der Waals surface area contributed by atoms with E-state index in [2.05, 4.69) is 10.3 Å². The van der Waals surface area contributed by atoms with Gasteiger partial charge in [-0.1, -0.05) is 12.1 Å². The SMILES string of the molecule is CC1N=C(c2ccc(F)cc2)c2ccc(CNNS(=O)[O-])cc2-c2cn(C)c(=O)cc21. The summed E-state index contributed by atoms with van der Waals surface area (Å²) in [6.45, 7) is 2.19. The molecule has 0 saturated carbocycles. The highest BCUT2D eigenvalue weighted by Gasteiger charge is 2.24. The van der Waals surface area contributed by atoms with Crippen molar-refractivity contribution in [2.24, 2.45) is 12.0 Å². The van der Waals surface area contributed by atoms with Crippen LogP contribution in [0.4, 0.5) is 4.39 Å². The maximum atomic E-state index is 13.5. The number of aliphatic imine (C=N–C) groups is 1. The van der Waals surface area contributed by atoms with Gasteiger partial charge in [-0.25, -0.2) is 9.82 Å². The molecule has 0 bridgehead atoms. The Morgan fingerprint density at radius 1 is 1.13 bits per heavy atom. The van der Waals surface area contributed by atoms with Crippen molar-refractivity contribution >= 4 is 17.0 Å². The number of benzene rings is 2. The van der Waals surface area contributed by atoms with Gasteiger partial charge in [0.25, 0.3) is 5.56 Å². The van der Waals surface area contributed by atoms with Crippen LogP contribution >= 0.6 is 0 Å². The zero-order valence-electron chi connectivity index (χ0n) is 16.9. The summed E-state index contributed by atoms with van der Waals surface area (Å²) in [4.78, 5) is 19.3. The second-order valence-electron chi connectivity index (χ2n) is 7.32. The molecule has 7 nitrogen and oxygen atoms in total. The smallest absolute Gasteiger partial charge is 0.250 e. The largest absolute Gasteiger partial charge is 0.759 e. The van der Waals surface area contributed by atoms with Gasteiger partial charge in [0.2, 0.25) is 0 Å². The maximum Gasteiger partial charge on any atom is 0.250 e. The minimum atomic E-state index is -2.42. The highest BCUT2D eigenvalue weighted by molar-refractivity contribution is 7.76. The lowest BCUT2D eigenvalue weighted by Crippen LogP contribution is -2.32. The number of nitrogens with one attached hydrogen (secondary N) is 2. The Bertz CT molecular complexity index is 1250. The fraction of sp³-hybridized carbons (Fsp3) is 0.182. The second kappa shape index (κ2) is 8.64. The minimum Gasteiger partial charge on any atom is -0.759 e. The van der Waals surface area contributed by atoms with Gasteiger partial charge >= 0.3 is 0 Å². The molecule has 160 valence electrons. The second-order valence-corrected chi connectivity index (χ2v) is 8.00. The quantitative estimate of drug-likeness (QED) is 0.471. The first-order valence-electron chi connectivity index (χ1n) is 9.59. The van der Waals surface area contributed by atoms with Gasteiger partial charge in [0.1, 0.15) is 5.82 Å². The maximum absolute atomic E-state index is 13.5. The Balaban J connectivity index is 1.90. The van der Waals surface area contributed by atoms with E-state index in [1.165, 1.54) is 16.7 Å². The zero-order valence-corrected chi connectivity index (χ0v) is 17.7. The van der Waals surface area contributed by atoms with Crippen LogP contribution in [0, 0.1) is 5.82 Å². The molecule has 0 spiro atoms. The fourth-order valence-electron chi connectivity index (χ4n) is 3.71. The molecule has 2 atom stereocenters. The predicted octanol–water partition coefficient (Wildman–Crippen LogP) is 2.49. The molecule has 1 aliphatic heterocycles. The van der Waals surface area contributed by atoms with Crippen LogP contribution in [0.15, 0.2) is 64.5 Å². The first kappa shape index (κ1) is 21.3. The van der Waals surface area contributed by atoms with E-state index in [4.69, 9.17) is 4.99 Å². The summed E-state index contributed by atoms with van der Waals surface area (Å²) in [5, 5.41) is 0. The van der Waals surface area contributed by atoms with Crippen LogP contribution in [0.25, 0.3) is 11.1 Å². The van der Waals surface area contributed by atoms with Crippen LogP contribution < -0.4 is 15.8 Å². The Kier molecular flexibility index (Phi) is 5.92. The number of aromatic nitrogens is 1. The van der Waals surface area contributed by atoms with E-state index in [-0.39, 0.29) is 24.0 Å². The molecule has 31 heavy (non-hydrogen) atoms. The van der Waals surface area contributed by atoms with E-state index in [1.807, 2.05) is 25.1 Å². The summed E-state index contributed by atoms with van der Waals surface area (Å²) >= 11 is -2.42. The van der Waals surface area contributed by atoms with Gasteiger partial charge in [0.15, 0.2) is 0 Å². The third-order valence-electron chi connectivity index (χ3n) is 5.23. The fourth-order valence-corrected chi connectivity index (χ4v) is 3.90. The van der Waals surface area contributed by atoms with Gasteiger partial charge < -0.3 is 9.12 Å². The Morgan fingerprint density at radius 3 is 2.58 bits per heavy atom. The first-order valence-corrected chi connectivity index (χ1v) is 10.7. The third-order valence-corrected chi connectivity index (χ3v) is 5.54. The monoisotopic (exact) mass is 439 g/mol. The predicted molar refractivity (Wildman–Crippen MR) is 116 cm³/mol. The van der Waals surface area contributed by atoms with E-state index < -0.39 is 11.3 Å². The molecule has 0 saturated heterocycles. The summed E-state index contributed by atoms with van der Waals surface area (Å²) in [5.41, 5.74) is 8.18. The lowest BCUT2D eigenvalue weighted by atomic mass is 9.91. The normalized spacial score (nSPS) is 16.1. The van der Waals surface area contributed by atoms with Crippen molar-refractivity contribution < 1.29 is 13.2 Å². The number of hydrogen-bond donors (Lipinski definition) is 2. The van der Waals surface area contributed by atoms with E-state index in [0.29, 0.717) is 5.71 Å². The van der Waals surface area contributed by atoms with Crippen LogP contribution in [0.5, 0.6) is 0 Å². The molecule has 2 N–H and O–H groups in total. The van der Waals surface area contributed by atoms with Crippen molar-refractivity contribution in [3.63, 3.8) is 0 Å². The number of aryl methyl sites for hydroxylation is 1. The number of halogens is 1. The summed E-state index contributed by atoms with van der Waals surface area (Å²) in [7, 11) is 1.69. The van der Waals surface area contributed by atoms with Crippen LogP contribution in [-0.4, -0.2) is 19.0 Å².